The molecule has 55 heavy (non-hydrogen) atoms. The maximum absolute atomic E-state index is 9.61. The Morgan fingerprint density at radius 2 is 0.800 bits per heavy atom. The van der Waals surface area contributed by atoms with Gasteiger partial charge in [-0.1, -0.05) is 170 Å². The van der Waals surface area contributed by atoms with Crippen molar-refractivity contribution in [2.75, 3.05) is 0 Å². The van der Waals surface area contributed by atoms with Gasteiger partial charge in [0, 0.05) is 33.0 Å². The Hall–Kier alpha value is -7.43. The molecule has 0 aliphatic heterocycles. The van der Waals surface area contributed by atoms with Crippen molar-refractivity contribution in [1.82, 2.24) is 15.0 Å². The molecule has 0 saturated carbocycles. The summed E-state index contributed by atoms with van der Waals surface area (Å²) in [5.41, 5.74) is 7.90. The average molecular weight is 710 g/mol. The molecule has 0 unspecified atom stereocenters. The molecular weight excluding hydrogens is 671 g/mol. The highest BCUT2D eigenvalue weighted by molar-refractivity contribution is 6.10. The van der Waals surface area contributed by atoms with E-state index in [4.69, 9.17) is 22.1 Å². The van der Waals surface area contributed by atoms with Gasteiger partial charge in [0.15, 0.2) is 17.5 Å². The Balaban J connectivity index is 1.20. The highest BCUT2D eigenvalue weighted by atomic mass is 16.3. The molecule has 2 heterocycles. The Morgan fingerprint density at radius 1 is 0.364 bits per heavy atom. The van der Waals surface area contributed by atoms with E-state index in [0.29, 0.717) is 28.3 Å². The normalized spacial score (nSPS) is 12.8. The second kappa shape index (κ2) is 13.8. The number of fused-ring (bicyclic) bond motifs is 3. The summed E-state index contributed by atoms with van der Waals surface area (Å²) in [6.45, 7) is 0. The van der Waals surface area contributed by atoms with Crippen LogP contribution >= 0.6 is 0 Å². The number of nitrogens with zero attached hydrogens (tertiary/aromatic N) is 3. The second-order valence-corrected chi connectivity index (χ2v) is 13.2. The Kier molecular flexibility index (Phi) is 6.63. The summed E-state index contributed by atoms with van der Waals surface area (Å²) < 4.78 is 62.3. The molecule has 0 aliphatic rings. The predicted octanol–water partition coefficient (Wildman–Crippen LogP) is 13.4. The van der Waals surface area contributed by atoms with Gasteiger partial charge in [0.2, 0.25) is 0 Å². The standard InChI is InChI=1S/C51H33N3O/c1-5-14-34(15-6-1)37-24-26-39(27-25-37)50-52-49(38-20-11-4-12-21-38)53-51(54-50)40-28-29-45-46-23-13-22-44(48(46)55-47(45)33-40)43-31-41(35-16-7-2-8-17-35)30-42(32-43)36-18-9-3-10-19-36/h1-33H/i13D,22D,23D,28D,29D,33D. The van der Waals surface area contributed by atoms with Gasteiger partial charge in [-0.15, -0.1) is 0 Å². The number of hydrogen-bond acceptors (Lipinski definition) is 4. The molecule has 4 nitrogen and oxygen atoms in total. The van der Waals surface area contributed by atoms with Crippen LogP contribution in [0, 0.1) is 0 Å². The predicted molar refractivity (Wildman–Crippen MR) is 225 cm³/mol. The van der Waals surface area contributed by atoms with Crippen molar-refractivity contribution in [2.24, 2.45) is 0 Å². The number of hydrogen-bond donors (Lipinski definition) is 0. The minimum Gasteiger partial charge on any atom is -0.455 e. The zero-order valence-corrected chi connectivity index (χ0v) is 29.3. The lowest BCUT2D eigenvalue weighted by molar-refractivity contribution is 0.670. The summed E-state index contributed by atoms with van der Waals surface area (Å²) in [6.07, 6.45) is 0. The van der Waals surface area contributed by atoms with Crippen molar-refractivity contribution >= 4 is 21.9 Å². The van der Waals surface area contributed by atoms with E-state index in [1.165, 1.54) is 0 Å². The summed E-state index contributed by atoms with van der Waals surface area (Å²) in [7, 11) is 0. The monoisotopic (exact) mass is 709 g/mol. The van der Waals surface area contributed by atoms with Crippen molar-refractivity contribution in [3.63, 3.8) is 0 Å². The van der Waals surface area contributed by atoms with E-state index in [9.17, 15) is 5.48 Å². The van der Waals surface area contributed by atoms with Crippen LogP contribution in [-0.4, -0.2) is 15.0 Å². The third-order valence-corrected chi connectivity index (χ3v) is 9.64. The zero-order valence-electron chi connectivity index (χ0n) is 35.3. The van der Waals surface area contributed by atoms with Crippen LogP contribution in [0.4, 0.5) is 0 Å². The van der Waals surface area contributed by atoms with Gasteiger partial charge < -0.3 is 4.42 Å². The number of aromatic nitrogens is 3. The molecule has 0 N–H and O–H groups in total. The molecule has 0 aliphatic carbocycles. The molecule has 10 rings (SSSR count). The Morgan fingerprint density at radius 3 is 1.36 bits per heavy atom. The summed E-state index contributed by atoms with van der Waals surface area (Å²) in [6, 6.07) is 51.0. The van der Waals surface area contributed by atoms with Gasteiger partial charge in [-0.05, 0) is 69.2 Å². The minimum atomic E-state index is -0.356. The molecule has 0 saturated heterocycles. The fourth-order valence-corrected chi connectivity index (χ4v) is 6.87. The minimum absolute atomic E-state index is 0.0126. The summed E-state index contributed by atoms with van der Waals surface area (Å²) in [5.74, 6) is 0.654. The fraction of sp³-hybridized carbons (Fsp3) is 0. The first-order valence-corrected chi connectivity index (χ1v) is 17.9. The SMILES string of the molecule is [2H]c1c([2H])c([2H])c2c(oc3c([2H])c(-c4nc(-c5ccccc5)nc(-c5ccc(-c6ccccc6)cc5)n4)c([2H])c([2H])c32)c1-c1cc(-c2ccccc2)cc(-c2ccccc2)c1. The quantitative estimate of drug-likeness (QED) is 0.165. The topological polar surface area (TPSA) is 51.8 Å². The highest BCUT2D eigenvalue weighted by Crippen LogP contribution is 2.40. The molecule has 10 aromatic rings. The lowest BCUT2D eigenvalue weighted by Gasteiger charge is -2.11. The van der Waals surface area contributed by atoms with E-state index in [1.807, 2.05) is 158 Å². The molecule has 8 aromatic carbocycles. The van der Waals surface area contributed by atoms with Crippen LogP contribution in [0.15, 0.2) is 204 Å². The van der Waals surface area contributed by atoms with Crippen molar-refractivity contribution in [2.45, 2.75) is 0 Å². The third kappa shape index (κ3) is 6.26. The molecule has 258 valence electrons. The Bertz CT molecular complexity index is 3230. The van der Waals surface area contributed by atoms with Crippen LogP contribution in [0.3, 0.4) is 0 Å². The molecule has 0 radical (unpaired) electrons. The van der Waals surface area contributed by atoms with E-state index in [-0.39, 0.29) is 75.1 Å². The average Bonchev–Trinajstić information content (AvgIpc) is 3.72. The van der Waals surface area contributed by atoms with Crippen molar-refractivity contribution < 1.29 is 12.6 Å². The van der Waals surface area contributed by atoms with Crippen LogP contribution in [0.2, 0.25) is 0 Å². The van der Waals surface area contributed by atoms with Crippen molar-refractivity contribution in [1.29, 1.82) is 0 Å². The fourth-order valence-electron chi connectivity index (χ4n) is 6.87. The molecular formula is C51H33N3O. The molecule has 0 spiro atoms. The van der Waals surface area contributed by atoms with Gasteiger partial charge >= 0.3 is 0 Å². The van der Waals surface area contributed by atoms with E-state index in [2.05, 4.69) is 6.07 Å². The van der Waals surface area contributed by atoms with Crippen LogP contribution in [-0.2, 0) is 0 Å². The lowest BCUT2D eigenvalue weighted by Crippen LogP contribution is -2.00. The van der Waals surface area contributed by atoms with Gasteiger partial charge in [0.25, 0.3) is 0 Å². The first kappa shape index (κ1) is 26.4. The number of furan rings is 1. The number of para-hydroxylation sites is 1. The van der Waals surface area contributed by atoms with E-state index in [1.54, 1.807) is 0 Å². The molecule has 0 atom stereocenters. The summed E-state index contributed by atoms with van der Waals surface area (Å²) >= 11 is 0. The van der Waals surface area contributed by atoms with Gasteiger partial charge in [0.05, 0.1) is 8.22 Å². The first-order valence-electron chi connectivity index (χ1n) is 20.9. The highest BCUT2D eigenvalue weighted by Gasteiger charge is 2.17. The number of benzene rings is 8. The van der Waals surface area contributed by atoms with Crippen molar-refractivity contribution in [3.05, 3.63) is 200 Å². The van der Waals surface area contributed by atoms with Gasteiger partial charge in [-0.3, -0.25) is 0 Å². The zero-order chi connectivity index (χ0) is 41.8. The smallest absolute Gasteiger partial charge is 0.164 e. The van der Waals surface area contributed by atoms with Gasteiger partial charge in [-0.25, -0.2) is 15.0 Å². The molecule has 0 bridgehead atoms. The van der Waals surface area contributed by atoms with E-state index >= 15 is 0 Å². The van der Waals surface area contributed by atoms with Crippen LogP contribution in [0.1, 0.15) is 8.22 Å². The molecule has 4 heteroatoms. The van der Waals surface area contributed by atoms with Gasteiger partial charge in [-0.2, -0.15) is 0 Å². The maximum Gasteiger partial charge on any atom is 0.164 e. The largest absolute Gasteiger partial charge is 0.455 e. The van der Waals surface area contributed by atoms with Crippen molar-refractivity contribution in [3.8, 4) is 78.7 Å². The molecule has 0 amide bonds. The summed E-state index contributed by atoms with van der Waals surface area (Å²) in [5, 5.41) is 0.140. The Labute approximate surface area is 327 Å². The van der Waals surface area contributed by atoms with E-state index < -0.39 is 0 Å². The number of rotatable bonds is 7. The second-order valence-electron chi connectivity index (χ2n) is 13.2. The third-order valence-electron chi connectivity index (χ3n) is 9.64. The van der Waals surface area contributed by atoms with E-state index in [0.717, 1.165) is 33.4 Å². The molecule has 2 aromatic heterocycles. The first-order chi connectivity index (χ1) is 29.7. The van der Waals surface area contributed by atoms with Crippen LogP contribution < -0.4 is 0 Å². The van der Waals surface area contributed by atoms with Crippen LogP contribution in [0.25, 0.3) is 101 Å². The maximum atomic E-state index is 9.61. The summed E-state index contributed by atoms with van der Waals surface area (Å²) in [4.78, 5) is 14.5. The van der Waals surface area contributed by atoms with Gasteiger partial charge in [0.1, 0.15) is 11.2 Å². The van der Waals surface area contributed by atoms with Crippen LogP contribution in [0.5, 0.6) is 0 Å². The molecule has 0 fully saturated rings. The lowest BCUT2D eigenvalue weighted by atomic mass is 9.92.